The topological polar surface area (TPSA) is 278 Å². The van der Waals surface area contributed by atoms with E-state index in [0.717, 1.165) is 140 Å². The summed E-state index contributed by atoms with van der Waals surface area (Å²) in [6, 6.07) is 27.2. The fraction of sp³-hybridized carbons (Fsp3) is 0.281. The third-order valence-electron chi connectivity index (χ3n) is 15.3. The number of aromatic amines is 2. The number of para-hydroxylation sites is 2. The fourth-order valence-electron chi connectivity index (χ4n) is 11.0. The third kappa shape index (κ3) is 11.6. The van der Waals surface area contributed by atoms with E-state index in [1.165, 1.54) is 0 Å². The summed E-state index contributed by atoms with van der Waals surface area (Å²) in [5, 5.41) is 25.9. The zero-order chi connectivity index (χ0) is 60.1. The molecule has 12 rings (SSSR count). The van der Waals surface area contributed by atoms with Crippen LogP contribution < -0.4 is 20.5 Å². The highest BCUT2D eigenvalue weighted by Crippen LogP contribution is 2.44. The molecule has 21 nitrogen and oxygen atoms in total. The van der Waals surface area contributed by atoms with Crippen molar-refractivity contribution >= 4 is 77.6 Å². The number of ether oxygens (including phenoxy) is 2. The van der Waals surface area contributed by atoms with E-state index < -0.39 is 5.97 Å². The minimum atomic E-state index is -1.21. The third-order valence-corrected chi connectivity index (χ3v) is 15.3. The molecule has 0 fully saturated rings. The highest BCUT2D eigenvalue weighted by atomic mass is 16.5. The molecule has 0 aliphatic rings. The maximum atomic E-state index is 13.4. The van der Waals surface area contributed by atoms with Crippen molar-refractivity contribution in [3.63, 3.8) is 0 Å². The second-order valence-electron chi connectivity index (χ2n) is 20.2. The number of hydrogen-bond donors (Lipinski definition) is 5. The number of methoxy groups -OCH3 is 2. The molecule has 0 aliphatic heterocycles. The van der Waals surface area contributed by atoms with Crippen molar-refractivity contribution in [3.05, 3.63) is 132 Å². The molecule has 0 saturated heterocycles. The SMILES string of the molecule is CCN(CC)CCN.CCN(CC)CCNC(=O)c1nc(-c2ccnc3ccccc23)c2c(n1)[nH]c1cc(-c3c(C)noc3C)c(OC)cc12.COc1cc2c(cc1-c1c(C)noc1C)[nH]c1nc(C(=O)O)nc(-c3ccnc4ccccc34)c12. The first-order chi connectivity index (χ1) is 41.2. The molecule has 436 valence electrons. The predicted molar refractivity (Wildman–Crippen MR) is 331 cm³/mol. The van der Waals surface area contributed by atoms with E-state index >= 15 is 0 Å². The number of benzene rings is 4. The summed E-state index contributed by atoms with van der Waals surface area (Å²) in [5.74, 6) is 0.944. The Kier molecular flexibility index (Phi) is 17.5. The number of nitrogens with one attached hydrogen (secondary N) is 3. The number of rotatable bonds is 17. The number of aromatic carboxylic acids is 1. The van der Waals surface area contributed by atoms with Crippen LogP contribution >= 0.6 is 0 Å². The second-order valence-corrected chi connectivity index (χ2v) is 20.2. The van der Waals surface area contributed by atoms with Crippen molar-refractivity contribution in [2.75, 3.05) is 66.6 Å². The van der Waals surface area contributed by atoms with Gasteiger partial charge in [-0.3, -0.25) is 14.8 Å². The number of carbonyl (C=O) groups excluding carboxylic acids is 1. The summed E-state index contributed by atoms with van der Waals surface area (Å²) in [6.07, 6.45) is 3.46. The summed E-state index contributed by atoms with van der Waals surface area (Å²) in [7, 11) is 3.25. The van der Waals surface area contributed by atoms with Gasteiger partial charge in [-0.1, -0.05) is 74.4 Å². The van der Waals surface area contributed by atoms with Gasteiger partial charge >= 0.3 is 5.97 Å². The Morgan fingerprint density at radius 3 is 1.45 bits per heavy atom. The second kappa shape index (κ2) is 25.4. The van der Waals surface area contributed by atoms with E-state index in [4.69, 9.17) is 34.2 Å². The van der Waals surface area contributed by atoms with Crippen LogP contribution in [0, 0.1) is 27.7 Å². The van der Waals surface area contributed by atoms with E-state index in [9.17, 15) is 14.7 Å². The average Bonchev–Trinajstić information content (AvgIpc) is 1.80. The minimum absolute atomic E-state index is 0.0995. The summed E-state index contributed by atoms with van der Waals surface area (Å²) in [4.78, 5) is 63.9. The van der Waals surface area contributed by atoms with Crippen LogP contribution in [-0.4, -0.2) is 144 Å². The number of carboxylic acid groups (broad SMARTS) is 1. The van der Waals surface area contributed by atoms with Crippen LogP contribution in [0.15, 0.2) is 106 Å². The smallest absolute Gasteiger partial charge is 0.374 e. The first-order valence-electron chi connectivity index (χ1n) is 28.3. The largest absolute Gasteiger partial charge is 0.496 e. The molecule has 8 aromatic heterocycles. The zero-order valence-electron chi connectivity index (χ0n) is 49.3. The molecule has 0 radical (unpaired) electrons. The lowest BCUT2D eigenvalue weighted by Crippen LogP contribution is -2.35. The number of carboxylic acids is 1. The number of likely N-dealkylation sites (N-methyl/N-ethyl adjacent to an activating group) is 2. The van der Waals surface area contributed by atoms with Crippen LogP contribution in [0.1, 0.15) is 71.8 Å². The summed E-state index contributed by atoms with van der Waals surface area (Å²) < 4.78 is 22.4. The Morgan fingerprint density at radius 2 is 1.04 bits per heavy atom. The van der Waals surface area contributed by atoms with Gasteiger partial charge < -0.3 is 54.4 Å². The van der Waals surface area contributed by atoms with Crippen LogP contribution in [0.5, 0.6) is 11.5 Å². The van der Waals surface area contributed by atoms with Gasteiger partial charge in [0.25, 0.3) is 5.91 Å². The van der Waals surface area contributed by atoms with Gasteiger partial charge in [-0.25, -0.2) is 24.7 Å². The van der Waals surface area contributed by atoms with Crippen molar-refractivity contribution < 1.29 is 33.2 Å². The van der Waals surface area contributed by atoms with Crippen molar-refractivity contribution in [1.29, 1.82) is 0 Å². The Balaban J connectivity index is 0.000000170. The molecule has 0 saturated carbocycles. The Morgan fingerprint density at radius 1 is 0.588 bits per heavy atom. The van der Waals surface area contributed by atoms with Crippen LogP contribution in [0.4, 0.5) is 0 Å². The van der Waals surface area contributed by atoms with Crippen LogP contribution in [0.3, 0.4) is 0 Å². The van der Waals surface area contributed by atoms with Crippen molar-refractivity contribution in [2.24, 2.45) is 5.73 Å². The summed E-state index contributed by atoms with van der Waals surface area (Å²) in [5.41, 5.74) is 17.2. The number of nitrogens with zero attached hydrogens (tertiary/aromatic N) is 10. The van der Waals surface area contributed by atoms with Crippen molar-refractivity contribution in [2.45, 2.75) is 55.4 Å². The van der Waals surface area contributed by atoms with Gasteiger partial charge in [-0.15, -0.1) is 0 Å². The molecule has 1 amide bonds. The number of H-pyrrole nitrogens is 2. The molecule has 85 heavy (non-hydrogen) atoms. The van der Waals surface area contributed by atoms with E-state index in [0.29, 0.717) is 57.6 Å². The van der Waals surface area contributed by atoms with Crippen LogP contribution in [0.25, 0.3) is 110 Å². The predicted octanol–water partition coefficient (Wildman–Crippen LogP) is 11.3. The van der Waals surface area contributed by atoms with Crippen molar-refractivity contribution in [1.82, 2.24) is 65.3 Å². The van der Waals surface area contributed by atoms with E-state index in [2.05, 4.69) is 83.0 Å². The van der Waals surface area contributed by atoms with Gasteiger partial charge in [-0.05, 0) is 102 Å². The van der Waals surface area contributed by atoms with Gasteiger partial charge in [0.2, 0.25) is 11.6 Å². The van der Waals surface area contributed by atoms with Gasteiger partial charge in [0.05, 0.1) is 69.9 Å². The maximum Gasteiger partial charge on any atom is 0.374 e. The zero-order valence-corrected chi connectivity index (χ0v) is 49.3. The molecule has 12 aromatic rings. The number of aromatic nitrogens is 10. The molecule has 0 bridgehead atoms. The monoisotopic (exact) mass is 1140 g/mol. The van der Waals surface area contributed by atoms with E-state index in [1.54, 1.807) is 26.6 Å². The standard InChI is InChI=1S/C32H33N7O3.C26H19N5O4.C6H16N2/c1-6-39(7-2)15-14-34-32(40)31-36-29(21-12-13-33-24-11-9-8-10-20(21)24)28-22-17-26(41-5)23(16-25(22)35-30(28)37-31)27-18(3)38-42-19(27)4;1-12-21(13(2)35-31-12)17-10-19-16(11-20(17)34-3)22-23(29-25(26(32)33)30-24(22)28-19)15-8-9-27-18-7-5-4-6-14(15)18;1-3-8(4-2)6-5-7/h8-13,16-17H,6-7,14-15H2,1-5H3,(H,34,40)(H,35,36,37);4-11H,1-3H3,(H,32,33)(H,28,29,30);3-7H2,1-2H3. The maximum absolute atomic E-state index is 13.4. The van der Waals surface area contributed by atoms with E-state index in [-0.39, 0.29) is 17.6 Å². The van der Waals surface area contributed by atoms with Crippen LogP contribution in [-0.2, 0) is 0 Å². The normalized spacial score (nSPS) is 11.5. The first-order valence-corrected chi connectivity index (χ1v) is 28.3. The highest BCUT2D eigenvalue weighted by molar-refractivity contribution is 6.18. The molecule has 0 spiro atoms. The lowest BCUT2D eigenvalue weighted by molar-refractivity contribution is 0.0683. The number of aryl methyl sites for hydroxylation is 4. The summed E-state index contributed by atoms with van der Waals surface area (Å²) >= 11 is 0. The lowest BCUT2D eigenvalue weighted by Gasteiger charge is -2.17. The molecule has 8 heterocycles. The first kappa shape index (κ1) is 58.5. The number of hydrogen-bond acceptors (Lipinski definition) is 17. The number of carbonyl (C=O) groups is 2. The molecule has 6 N–H and O–H groups in total. The Hall–Kier alpha value is -9.70. The minimum Gasteiger partial charge on any atom is -0.496 e. The van der Waals surface area contributed by atoms with E-state index in [1.807, 2.05) is 113 Å². The van der Waals surface area contributed by atoms with Gasteiger partial charge in [0.15, 0.2) is 0 Å². The fourth-order valence-corrected chi connectivity index (χ4v) is 11.0. The van der Waals surface area contributed by atoms with Gasteiger partial charge in [-0.2, -0.15) is 0 Å². The van der Waals surface area contributed by atoms with Crippen LogP contribution in [0.2, 0.25) is 0 Å². The molecule has 0 unspecified atom stereocenters. The molecular weight excluding hydrogens is 1080 g/mol. The van der Waals surface area contributed by atoms with Crippen molar-refractivity contribution in [3.8, 4) is 56.3 Å². The number of nitrogens with two attached hydrogens (primary N) is 1. The van der Waals surface area contributed by atoms with Gasteiger partial charge in [0, 0.05) is 93.4 Å². The molecule has 0 atom stereocenters. The lowest BCUT2D eigenvalue weighted by atomic mass is 9.99. The Bertz CT molecular complexity index is 4370. The number of amides is 1. The summed E-state index contributed by atoms with van der Waals surface area (Å²) in [6.45, 7) is 23.2. The number of pyridine rings is 2. The highest BCUT2D eigenvalue weighted by Gasteiger charge is 2.26. The Labute approximate surface area is 490 Å². The quantitative estimate of drug-likeness (QED) is 0.0566. The number of fused-ring (bicyclic) bond motifs is 8. The molecule has 0 aliphatic carbocycles. The molecule has 21 heteroatoms. The average molecular weight is 1150 g/mol. The molecule has 4 aromatic carbocycles. The van der Waals surface area contributed by atoms with Gasteiger partial charge in [0.1, 0.15) is 34.3 Å². The molecular formula is C64H68N14O7.